The standard InChI is InChI=1S/C25H19N3O4/c1-15-26-20-14-19(10-11-22(20)31-15)27-24(29)12-16-6-8-18(9-7-16)28-25(30)23-13-17-4-2-3-5-21(17)32-23/h2-11,13-14H,12H2,1H3,(H,27,29)(H,28,30). The van der Waals surface area contributed by atoms with E-state index in [9.17, 15) is 9.59 Å². The molecule has 0 unspecified atom stereocenters. The van der Waals surface area contributed by atoms with Gasteiger partial charge in [0.1, 0.15) is 11.1 Å². The SMILES string of the molecule is Cc1nc2cc(NC(=O)Cc3ccc(NC(=O)c4cc5ccccc5o4)cc3)ccc2o1. The molecule has 5 aromatic rings. The number of rotatable bonds is 5. The molecular formula is C25H19N3O4. The fourth-order valence-electron chi connectivity index (χ4n) is 3.50. The lowest BCUT2D eigenvalue weighted by Crippen LogP contribution is -2.14. The lowest BCUT2D eigenvalue weighted by Gasteiger charge is -2.07. The van der Waals surface area contributed by atoms with Crippen LogP contribution in [0.2, 0.25) is 0 Å². The Morgan fingerprint density at radius 3 is 2.44 bits per heavy atom. The van der Waals surface area contributed by atoms with Crippen LogP contribution in [0.3, 0.4) is 0 Å². The highest BCUT2D eigenvalue weighted by molar-refractivity contribution is 6.04. The van der Waals surface area contributed by atoms with Crippen molar-refractivity contribution >= 4 is 45.3 Å². The number of nitrogens with zero attached hydrogens (tertiary/aromatic N) is 1. The van der Waals surface area contributed by atoms with E-state index in [1.54, 1.807) is 55.5 Å². The van der Waals surface area contributed by atoms with Gasteiger partial charge in [-0.05, 0) is 48.0 Å². The molecule has 7 nitrogen and oxygen atoms in total. The molecule has 0 saturated carbocycles. The van der Waals surface area contributed by atoms with Crippen molar-refractivity contribution in [1.29, 1.82) is 0 Å². The molecule has 0 radical (unpaired) electrons. The lowest BCUT2D eigenvalue weighted by molar-refractivity contribution is -0.115. The first-order chi connectivity index (χ1) is 15.5. The van der Waals surface area contributed by atoms with E-state index in [2.05, 4.69) is 15.6 Å². The molecule has 3 aromatic carbocycles. The molecule has 0 spiro atoms. The maximum atomic E-state index is 12.5. The van der Waals surface area contributed by atoms with Crippen molar-refractivity contribution in [3.63, 3.8) is 0 Å². The molecule has 0 saturated heterocycles. The predicted molar refractivity (Wildman–Crippen MR) is 122 cm³/mol. The summed E-state index contributed by atoms with van der Waals surface area (Å²) < 4.78 is 11.0. The number of hydrogen-bond donors (Lipinski definition) is 2. The average Bonchev–Trinajstić information content (AvgIpc) is 3.37. The Balaban J connectivity index is 1.21. The van der Waals surface area contributed by atoms with Gasteiger partial charge >= 0.3 is 0 Å². The van der Waals surface area contributed by atoms with Gasteiger partial charge in [0, 0.05) is 23.7 Å². The Morgan fingerprint density at radius 1 is 0.844 bits per heavy atom. The van der Waals surface area contributed by atoms with E-state index in [4.69, 9.17) is 8.83 Å². The predicted octanol–water partition coefficient (Wildman–Crippen LogP) is 5.32. The van der Waals surface area contributed by atoms with Crippen LogP contribution in [0.4, 0.5) is 11.4 Å². The van der Waals surface area contributed by atoms with E-state index >= 15 is 0 Å². The lowest BCUT2D eigenvalue weighted by atomic mass is 10.1. The van der Waals surface area contributed by atoms with Gasteiger partial charge in [-0.15, -0.1) is 0 Å². The second kappa shape index (κ2) is 8.03. The number of benzene rings is 3. The smallest absolute Gasteiger partial charge is 0.291 e. The Labute approximate surface area is 183 Å². The summed E-state index contributed by atoms with van der Waals surface area (Å²) in [4.78, 5) is 29.2. The Kier molecular flexibility index (Phi) is 4.91. The maximum Gasteiger partial charge on any atom is 0.291 e. The summed E-state index contributed by atoms with van der Waals surface area (Å²) in [6, 6.07) is 21.6. The number of oxazole rings is 1. The number of para-hydroxylation sites is 1. The van der Waals surface area contributed by atoms with Crippen molar-refractivity contribution in [2.24, 2.45) is 0 Å². The fourth-order valence-corrected chi connectivity index (χ4v) is 3.50. The summed E-state index contributed by atoms with van der Waals surface area (Å²) in [6.45, 7) is 1.78. The van der Waals surface area contributed by atoms with Gasteiger partial charge in [-0.25, -0.2) is 4.98 Å². The van der Waals surface area contributed by atoms with E-state index in [1.807, 2.05) is 24.3 Å². The van der Waals surface area contributed by atoms with Crippen molar-refractivity contribution < 1.29 is 18.4 Å². The third-order valence-corrected chi connectivity index (χ3v) is 5.00. The molecular weight excluding hydrogens is 406 g/mol. The van der Waals surface area contributed by atoms with Gasteiger partial charge in [0.05, 0.1) is 6.42 Å². The first-order valence-corrected chi connectivity index (χ1v) is 10.1. The van der Waals surface area contributed by atoms with Gasteiger partial charge in [0.2, 0.25) is 5.91 Å². The van der Waals surface area contributed by atoms with Crippen molar-refractivity contribution in [1.82, 2.24) is 4.98 Å². The number of fused-ring (bicyclic) bond motifs is 2. The van der Waals surface area contributed by atoms with Crippen LogP contribution >= 0.6 is 0 Å². The first kappa shape index (κ1) is 19.6. The largest absolute Gasteiger partial charge is 0.451 e. The molecule has 2 heterocycles. The van der Waals surface area contributed by atoms with E-state index < -0.39 is 0 Å². The van der Waals surface area contributed by atoms with Crippen LogP contribution in [0, 0.1) is 6.92 Å². The quantitative estimate of drug-likeness (QED) is 0.397. The van der Waals surface area contributed by atoms with Crippen LogP contribution in [-0.4, -0.2) is 16.8 Å². The van der Waals surface area contributed by atoms with Crippen LogP contribution in [0.15, 0.2) is 81.6 Å². The molecule has 0 aliphatic rings. The normalized spacial score (nSPS) is 11.0. The second-order valence-electron chi connectivity index (χ2n) is 7.44. The highest BCUT2D eigenvalue weighted by atomic mass is 16.3. The van der Waals surface area contributed by atoms with Crippen molar-refractivity contribution in [3.05, 3.63) is 90.0 Å². The molecule has 0 aliphatic carbocycles. The number of aromatic nitrogens is 1. The molecule has 0 bridgehead atoms. The number of amides is 2. The molecule has 2 aromatic heterocycles. The number of anilines is 2. The molecule has 0 atom stereocenters. The molecule has 158 valence electrons. The fraction of sp³-hybridized carbons (Fsp3) is 0.0800. The van der Waals surface area contributed by atoms with E-state index in [-0.39, 0.29) is 24.0 Å². The summed E-state index contributed by atoms with van der Waals surface area (Å²) in [5, 5.41) is 6.55. The molecule has 7 heteroatoms. The number of nitrogens with one attached hydrogen (secondary N) is 2. The molecule has 2 N–H and O–H groups in total. The second-order valence-corrected chi connectivity index (χ2v) is 7.44. The molecule has 2 amide bonds. The van der Waals surface area contributed by atoms with Gasteiger partial charge < -0.3 is 19.5 Å². The maximum absolute atomic E-state index is 12.5. The van der Waals surface area contributed by atoms with Crippen LogP contribution in [-0.2, 0) is 11.2 Å². The minimum Gasteiger partial charge on any atom is -0.451 e. The van der Waals surface area contributed by atoms with Gasteiger partial charge in [0.25, 0.3) is 5.91 Å². The number of hydrogen-bond acceptors (Lipinski definition) is 5. The average molecular weight is 425 g/mol. The Bertz CT molecular complexity index is 1410. The van der Waals surface area contributed by atoms with Crippen LogP contribution in [0.5, 0.6) is 0 Å². The number of furan rings is 1. The van der Waals surface area contributed by atoms with Gasteiger partial charge in [-0.2, -0.15) is 0 Å². The summed E-state index contributed by atoms with van der Waals surface area (Å²) in [7, 11) is 0. The zero-order valence-electron chi connectivity index (χ0n) is 17.2. The summed E-state index contributed by atoms with van der Waals surface area (Å²) in [5.41, 5.74) is 4.14. The minimum absolute atomic E-state index is 0.149. The van der Waals surface area contributed by atoms with E-state index in [0.717, 1.165) is 10.9 Å². The van der Waals surface area contributed by atoms with Gasteiger partial charge in [0.15, 0.2) is 17.2 Å². The zero-order valence-corrected chi connectivity index (χ0v) is 17.2. The third kappa shape index (κ3) is 4.09. The van der Waals surface area contributed by atoms with Crippen LogP contribution in [0.1, 0.15) is 22.0 Å². The van der Waals surface area contributed by atoms with E-state index in [0.29, 0.717) is 33.9 Å². The summed E-state index contributed by atoms with van der Waals surface area (Å²) >= 11 is 0. The van der Waals surface area contributed by atoms with Crippen LogP contribution in [0.25, 0.3) is 22.1 Å². The number of carbonyl (C=O) groups is 2. The molecule has 0 fully saturated rings. The van der Waals surface area contributed by atoms with Crippen molar-refractivity contribution in [2.45, 2.75) is 13.3 Å². The topological polar surface area (TPSA) is 97.4 Å². The van der Waals surface area contributed by atoms with Crippen LogP contribution < -0.4 is 10.6 Å². The third-order valence-electron chi connectivity index (χ3n) is 5.00. The van der Waals surface area contributed by atoms with Gasteiger partial charge in [-0.1, -0.05) is 30.3 Å². The molecule has 0 aliphatic heterocycles. The van der Waals surface area contributed by atoms with Gasteiger partial charge in [-0.3, -0.25) is 9.59 Å². The monoisotopic (exact) mass is 425 g/mol. The number of carbonyl (C=O) groups excluding carboxylic acids is 2. The Morgan fingerprint density at radius 2 is 1.62 bits per heavy atom. The molecule has 5 rings (SSSR count). The summed E-state index contributed by atoms with van der Waals surface area (Å²) in [6.07, 6.45) is 0.202. The Hall–Kier alpha value is -4.39. The highest BCUT2D eigenvalue weighted by Gasteiger charge is 2.13. The van der Waals surface area contributed by atoms with Crippen molar-refractivity contribution in [2.75, 3.05) is 10.6 Å². The highest BCUT2D eigenvalue weighted by Crippen LogP contribution is 2.21. The number of aryl methyl sites for hydroxylation is 1. The minimum atomic E-state index is -0.329. The summed E-state index contributed by atoms with van der Waals surface area (Å²) in [5.74, 6) is 0.346. The van der Waals surface area contributed by atoms with Crippen molar-refractivity contribution in [3.8, 4) is 0 Å². The first-order valence-electron chi connectivity index (χ1n) is 10.1. The zero-order chi connectivity index (χ0) is 22.1. The molecule has 32 heavy (non-hydrogen) atoms. The van der Waals surface area contributed by atoms with E-state index in [1.165, 1.54) is 0 Å².